The second kappa shape index (κ2) is 8.34. The number of amides is 1. The largest absolute Gasteiger partial charge is 0.497 e. The molecule has 1 amide bonds. The Hall–Kier alpha value is -4.01. The summed E-state index contributed by atoms with van der Waals surface area (Å²) in [5.74, 6) is 0.743. The van der Waals surface area contributed by atoms with Crippen LogP contribution in [0.1, 0.15) is 10.4 Å². The zero-order valence-electron chi connectivity index (χ0n) is 16.0. The molecule has 0 aliphatic heterocycles. The maximum Gasteiger partial charge on any atom is 0.333 e. The average molecular weight is 397 g/mol. The summed E-state index contributed by atoms with van der Waals surface area (Å²) in [7, 11) is 4.44. The molecule has 0 bridgehead atoms. The predicted molar refractivity (Wildman–Crippen MR) is 107 cm³/mol. The van der Waals surface area contributed by atoms with Gasteiger partial charge in [-0.05, 0) is 36.4 Å². The molecule has 0 saturated carbocycles. The molecule has 0 unspecified atom stereocenters. The molecule has 0 fully saturated rings. The minimum absolute atomic E-state index is 0.227. The molecule has 29 heavy (non-hydrogen) atoms. The molecular formula is C20H19N3O6. The molecule has 3 aromatic rings. The average Bonchev–Trinajstić information content (AvgIpc) is 2.74. The lowest BCUT2D eigenvalue weighted by molar-refractivity contribution is 0.102. The fourth-order valence-corrected chi connectivity index (χ4v) is 2.71. The van der Waals surface area contributed by atoms with E-state index < -0.39 is 17.2 Å². The maximum absolute atomic E-state index is 12.9. The van der Waals surface area contributed by atoms with Crippen LogP contribution < -0.4 is 30.8 Å². The lowest BCUT2D eigenvalue weighted by atomic mass is 10.2. The second-order valence-electron chi connectivity index (χ2n) is 5.87. The Labute approximate surface area is 165 Å². The van der Waals surface area contributed by atoms with Gasteiger partial charge in [0.2, 0.25) is 0 Å². The number of aromatic amines is 1. The van der Waals surface area contributed by atoms with Crippen LogP contribution >= 0.6 is 0 Å². The van der Waals surface area contributed by atoms with E-state index in [4.69, 9.17) is 14.2 Å². The highest BCUT2D eigenvalue weighted by Gasteiger charge is 2.17. The van der Waals surface area contributed by atoms with Gasteiger partial charge in [-0.25, -0.2) is 9.36 Å². The Bertz CT molecular complexity index is 1150. The molecule has 150 valence electrons. The van der Waals surface area contributed by atoms with Gasteiger partial charge in [-0.1, -0.05) is 0 Å². The molecule has 0 saturated heterocycles. The minimum Gasteiger partial charge on any atom is -0.497 e. The number of methoxy groups -OCH3 is 3. The number of hydrogen-bond acceptors (Lipinski definition) is 6. The predicted octanol–water partition coefficient (Wildman–Crippen LogP) is 1.80. The van der Waals surface area contributed by atoms with Crippen LogP contribution in [0.2, 0.25) is 0 Å². The summed E-state index contributed by atoms with van der Waals surface area (Å²) in [6.45, 7) is 0. The molecule has 0 radical (unpaired) electrons. The standard InChI is InChI=1S/C20H19N3O6/c1-27-14-7-4-12(5-8-14)22-18(24)15-11-21-20(26)23(19(15)25)13-6-9-16(28-2)17(10-13)29-3/h4-11H,1-3H3,(H,21,26)(H,22,24). The van der Waals surface area contributed by atoms with Gasteiger partial charge in [0.25, 0.3) is 11.5 Å². The highest BCUT2D eigenvalue weighted by molar-refractivity contribution is 6.03. The molecule has 3 rings (SSSR count). The molecule has 9 nitrogen and oxygen atoms in total. The van der Waals surface area contributed by atoms with Gasteiger partial charge in [-0.3, -0.25) is 9.59 Å². The highest BCUT2D eigenvalue weighted by Crippen LogP contribution is 2.28. The van der Waals surface area contributed by atoms with Gasteiger partial charge >= 0.3 is 5.69 Å². The van der Waals surface area contributed by atoms with Crippen molar-refractivity contribution in [3.8, 4) is 22.9 Å². The Balaban J connectivity index is 1.99. The Morgan fingerprint density at radius 3 is 2.24 bits per heavy atom. The van der Waals surface area contributed by atoms with E-state index in [1.807, 2.05) is 0 Å². The van der Waals surface area contributed by atoms with Crippen LogP contribution in [-0.4, -0.2) is 36.8 Å². The molecule has 0 aliphatic carbocycles. The highest BCUT2D eigenvalue weighted by atomic mass is 16.5. The van der Waals surface area contributed by atoms with Crippen molar-refractivity contribution in [3.63, 3.8) is 0 Å². The molecule has 0 atom stereocenters. The van der Waals surface area contributed by atoms with Gasteiger partial charge in [0.05, 0.1) is 27.0 Å². The smallest absolute Gasteiger partial charge is 0.333 e. The van der Waals surface area contributed by atoms with Gasteiger partial charge in [0, 0.05) is 18.0 Å². The van der Waals surface area contributed by atoms with E-state index >= 15 is 0 Å². The zero-order valence-corrected chi connectivity index (χ0v) is 16.0. The van der Waals surface area contributed by atoms with E-state index in [-0.39, 0.29) is 11.3 Å². The first kappa shape index (κ1) is 19.7. The third-order valence-electron chi connectivity index (χ3n) is 4.19. The third-order valence-corrected chi connectivity index (χ3v) is 4.19. The van der Waals surface area contributed by atoms with E-state index in [2.05, 4.69) is 10.3 Å². The van der Waals surface area contributed by atoms with E-state index in [9.17, 15) is 14.4 Å². The molecule has 0 spiro atoms. The van der Waals surface area contributed by atoms with Crippen molar-refractivity contribution in [1.29, 1.82) is 0 Å². The summed E-state index contributed by atoms with van der Waals surface area (Å²) in [4.78, 5) is 40.2. The number of ether oxygens (including phenoxy) is 3. The number of carbonyl (C=O) groups excluding carboxylic acids is 1. The lowest BCUT2D eigenvalue weighted by Gasteiger charge is -2.11. The van der Waals surface area contributed by atoms with Crippen LogP contribution in [0.3, 0.4) is 0 Å². The molecule has 1 aromatic heterocycles. The number of aromatic nitrogens is 2. The van der Waals surface area contributed by atoms with Crippen LogP contribution in [0, 0.1) is 0 Å². The quantitative estimate of drug-likeness (QED) is 0.656. The summed E-state index contributed by atoms with van der Waals surface area (Å²) in [6.07, 6.45) is 1.08. The van der Waals surface area contributed by atoms with Crippen LogP contribution in [0.5, 0.6) is 17.2 Å². The number of nitrogens with one attached hydrogen (secondary N) is 2. The van der Waals surface area contributed by atoms with Crippen molar-refractivity contribution >= 4 is 11.6 Å². The SMILES string of the molecule is COc1ccc(NC(=O)c2c[nH]c(=O)n(-c3ccc(OC)c(OC)c3)c2=O)cc1. The molecule has 9 heteroatoms. The summed E-state index contributed by atoms with van der Waals surface area (Å²) in [5, 5.41) is 2.61. The van der Waals surface area contributed by atoms with Crippen molar-refractivity contribution in [2.75, 3.05) is 26.6 Å². The first-order chi connectivity index (χ1) is 14.0. The summed E-state index contributed by atoms with van der Waals surface area (Å²) in [5.41, 5.74) is -0.988. The summed E-state index contributed by atoms with van der Waals surface area (Å²) in [6, 6.07) is 11.2. The van der Waals surface area contributed by atoms with Gasteiger partial charge in [-0.2, -0.15) is 0 Å². The summed E-state index contributed by atoms with van der Waals surface area (Å²) < 4.78 is 16.3. The van der Waals surface area contributed by atoms with Gasteiger partial charge in [0.1, 0.15) is 11.3 Å². The molecule has 2 aromatic carbocycles. The van der Waals surface area contributed by atoms with E-state index in [0.717, 1.165) is 10.8 Å². The fraction of sp³-hybridized carbons (Fsp3) is 0.150. The lowest BCUT2D eigenvalue weighted by Crippen LogP contribution is -2.38. The first-order valence-electron chi connectivity index (χ1n) is 8.51. The van der Waals surface area contributed by atoms with Crippen molar-refractivity contribution in [2.45, 2.75) is 0 Å². The number of hydrogen-bond donors (Lipinski definition) is 2. The van der Waals surface area contributed by atoms with E-state index in [0.29, 0.717) is 22.9 Å². The molecule has 2 N–H and O–H groups in total. The third kappa shape index (κ3) is 3.98. The summed E-state index contributed by atoms with van der Waals surface area (Å²) >= 11 is 0. The van der Waals surface area contributed by atoms with E-state index in [1.54, 1.807) is 30.3 Å². The fourth-order valence-electron chi connectivity index (χ4n) is 2.71. The molecule has 1 heterocycles. The monoisotopic (exact) mass is 397 g/mol. The van der Waals surface area contributed by atoms with Gasteiger partial charge in [-0.15, -0.1) is 0 Å². The Morgan fingerprint density at radius 2 is 1.62 bits per heavy atom. The number of benzene rings is 2. The number of nitrogens with zero attached hydrogens (tertiary/aromatic N) is 1. The van der Waals surface area contributed by atoms with Gasteiger partial charge in [0.15, 0.2) is 11.5 Å². The first-order valence-corrected chi connectivity index (χ1v) is 8.51. The number of carbonyl (C=O) groups is 1. The topological polar surface area (TPSA) is 112 Å². The van der Waals surface area contributed by atoms with Crippen molar-refractivity contribution < 1.29 is 19.0 Å². The van der Waals surface area contributed by atoms with Crippen molar-refractivity contribution in [2.24, 2.45) is 0 Å². The molecular weight excluding hydrogens is 378 g/mol. The Morgan fingerprint density at radius 1 is 0.931 bits per heavy atom. The minimum atomic E-state index is -0.771. The van der Waals surface area contributed by atoms with Crippen molar-refractivity contribution in [3.05, 3.63) is 75.1 Å². The van der Waals surface area contributed by atoms with Crippen LogP contribution in [0.25, 0.3) is 5.69 Å². The van der Waals surface area contributed by atoms with Crippen LogP contribution in [-0.2, 0) is 0 Å². The zero-order chi connectivity index (χ0) is 21.0. The van der Waals surface area contributed by atoms with Crippen molar-refractivity contribution in [1.82, 2.24) is 9.55 Å². The van der Waals surface area contributed by atoms with Crippen LogP contribution in [0.15, 0.2) is 58.3 Å². The Kier molecular flexibility index (Phi) is 5.68. The van der Waals surface area contributed by atoms with Crippen LogP contribution in [0.4, 0.5) is 5.69 Å². The number of rotatable bonds is 6. The number of anilines is 1. The maximum atomic E-state index is 12.9. The normalized spacial score (nSPS) is 10.3. The molecule has 0 aliphatic rings. The van der Waals surface area contributed by atoms with E-state index in [1.165, 1.54) is 33.5 Å². The second-order valence-corrected chi connectivity index (χ2v) is 5.87. The number of H-pyrrole nitrogens is 1. The van der Waals surface area contributed by atoms with Gasteiger partial charge < -0.3 is 24.5 Å².